The predicted molar refractivity (Wildman–Crippen MR) is 94.1 cm³/mol. The van der Waals surface area contributed by atoms with Crippen molar-refractivity contribution in [2.45, 2.75) is 26.7 Å². The van der Waals surface area contributed by atoms with E-state index in [0.717, 1.165) is 26.4 Å². The Hall–Kier alpha value is -1.11. The third-order valence-electron chi connectivity index (χ3n) is 3.05. The van der Waals surface area contributed by atoms with Crippen LogP contribution >= 0.6 is 38.9 Å². The molecule has 1 N–H and O–H groups in total. The van der Waals surface area contributed by atoms with Gasteiger partial charge in [0.25, 0.3) is 0 Å². The number of aromatic nitrogens is 1. The Labute approximate surface area is 147 Å². The molecule has 0 unspecified atom stereocenters. The first kappa shape index (κ1) is 17.2. The van der Waals surface area contributed by atoms with Crippen molar-refractivity contribution in [1.29, 1.82) is 0 Å². The molecule has 0 saturated heterocycles. The molecule has 4 nitrogen and oxygen atoms in total. The van der Waals surface area contributed by atoms with Crippen LogP contribution in [0, 0.1) is 13.8 Å². The molecule has 0 aliphatic rings. The van der Waals surface area contributed by atoms with E-state index in [1.54, 1.807) is 6.20 Å². The number of nitrogens with zero attached hydrogens (tertiary/aromatic N) is 1. The topological polar surface area (TPSA) is 51.2 Å². The van der Waals surface area contributed by atoms with Crippen LogP contribution in [0.15, 0.2) is 22.1 Å². The summed E-state index contributed by atoms with van der Waals surface area (Å²) in [6.45, 7) is 4.34. The first-order chi connectivity index (χ1) is 10.5. The third-order valence-corrected chi connectivity index (χ3v) is 5.31. The Bertz CT molecular complexity index is 662. The molecule has 0 bridgehead atoms. The van der Waals surface area contributed by atoms with Gasteiger partial charge >= 0.3 is 0 Å². The summed E-state index contributed by atoms with van der Waals surface area (Å²) in [4.78, 5) is 15.7. The second-order valence-corrected chi connectivity index (χ2v) is 6.85. The average Bonchev–Trinajstić information content (AvgIpc) is 2.99. The van der Waals surface area contributed by atoms with Gasteiger partial charge < -0.3 is 10.1 Å². The number of anilines is 1. The number of hydrogen-bond acceptors (Lipinski definition) is 4. The molecule has 0 radical (unpaired) electrons. The lowest BCUT2D eigenvalue weighted by Crippen LogP contribution is -2.12. The minimum absolute atomic E-state index is 0.0546. The molecule has 22 heavy (non-hydrogen) atoms. The van der Waals surface area contributed by atoms with Crippen LogP contribution in [0.5, 0.6) is 5.75 Å². The molecule has 1 aromatic heterocycles. The predicted octanol–water partition coefficient (Wildman–Crippen LogP) is 4.97. The molecule has 1 amide bonds. The molecule has 0 fully saturated rings. The van der Waals surface area contributed by atoms with Crippen molar-refractivity contribution in [1.82, 2.24) is 4.98 Å². The summed E-state index contributed by atoms with van der Waals surface area (Å²) < 4.78 is 6.60. The summed E-state index contributed by atoms with van der Waals surface area (Å²) in [5.41, 5.74) is 1.93. The van der Waals surface area contributed by atoms with Crippen LogP contribution in [0.3, 0.4) is 0 Å². The van der Waals surface area contributed by atoms with Gasteiger partial charge in [-0.15, -0.1) is 11.3 Å². The summed E-state index contributed by atoms with van der Waals surface area (Å²) in [5, 5.41) is 5.93. The zero-order valence-corrected chi connectivity index (χ0v) is 15.4. The van der Waals surface area contributed by atoms with Gasteiger partial charge in [0.1, 0.15) is 5.75 Å². The first-order valence-corrected chi connectivity index (χ1v) is 8.81. The minimum atomic E-state index is -0.0546. The maximum Gasteiger partial charge on any atom is 0.226 e. The Balaban J connectivity index is 1.81. The quantitative estimate of drug-likeness (QED) is 0.693. The fourth-order valence-corrected chi connectivity index (χ4v) is 3.12. The Morgan fingerprint density at radius 3 is 2.95 bits per heavy atom. The number of nitrogens with one attached hydrogen (secondary N) is 1. The van der Waals surface area contributed by atoms with E-state index in [2.05, 4.69) is 26.2 Å². The van der Waals surface area contributed by atoms with Gasteiger partial charge in [-0.2, -0.15) is 0 Å². The van der Waals surface area contributed by atoms with E-state index in [0.29, 0.717) is 24.6 Å². The lowest BCUT2D eigenvalue weighted by Gasteiger charge is -2.13. The van der Waals surface area contributed by atoms with Crippen LogP contribution < -0.4 is 10.1 Å². The van der Waals surface area contributed by atoms with E-state index in [1.807, 2.05) is 25.3 Å². The van der Waals surface area contributed by atoms with Gasteiger partial charge in [0.15, 0.2) is 5.13 Å². The van der Waals surface area contributed by atoms with E-state index < -0.39 is 0 Å². The highest BCUT2D eigenvalue weighted by Crippen LogP contribution is 2.35. The Morgan fingerprint density at radius 2 is 2.27 bits per heavy atom. The summed E-state index contributed by atoms with van der Waals surface area (Å²) >= 11 is 11.1. The third kappa shape index (κ3) is 4.44. The van der Waals surface area contributed by atoms with Crippen LogP contribution in [0.25, 0.3) is 0 Å². The number of benzene rings is 1. The molecule has 7 heteroatoms. The van der Waals surface area contributed by atoms with Crippen molar-refractivity contribution >= 4 is 49.9 Å². The normalized spacial score (nSPS) is 10.5. The summed E-state index contributed by atoms with van der Waals surface area (Å²) in [5.74, 6) is 0.695. The van der Waals surface area contributed by atoms with E-state index in [1.165, 1.54) is 11.3 Å². The van der Waals surface area contributed by atoms with E-state index >= 15 is 0 Å². The van der Waals surface area contributed by atoms with Gasteiger partial charge in [-0.3, -0.25) is 4.79 Å². The zero-order valence-electron chi connectivity index (χ0n) is 12.3. The summed E-state index contributed by atoms with van der Waals surface area (Å²) in [6, 6.07) is 1.90. The number of carbonyl (C=O) groups excluding carboxylic acids is 1. The summed E-state index contributed by atoms with van der Waals surface area (Å²) in [7, 11) is 0. The molecule has 1 heterocycles. The van der Waals surface area contributed by atoms with E-state index in [4.69, 9.17) is 16.3 Å². The molecular weight excluding hydrogens is 388 g/mol. The second kappa shape index (κ2) is 7.94. The van der Waals surface area contributed by atoms with Crippen molar-refractivity contribution in [2.24, 2.45) is 0 Å². The standard InChI is InChI=1S/C15H16BrClN2O2S/c1-9-8-11(13(16)10(2)14(9)17)21-6-3-4-12(20)19-15-18-5-7-22-15/h5,7-8H,3-4,6H2,1-2H3,(H,18,19,20). The number of rotatable bonds is 6. The fourth-order valence-electron chi connectivity index (χ4n) is 1.89. The van der Waals surface area contributed by atoms with Crippen LogP contribution in [0.2, 0.25) is 5.02 Å². The number of ether oxygens (including phenoxy) is 1. The molecule has 118 valence electrons. The van der Waals surface area contributed by atoms with E-state index in [-0.39, 0.29) is 5.91 Å². The highest BCUT2D eigenvalue weighted by molar-refractivity contribution is 9.10. The van der Waals surface area contributed by atoms with Crippen molar-refractivity contribution in [3.8, 4) is 5.75 Å². The average molecular weight is 404 g/mol. The number of halogens is 2. The Kier molecular flexibility index (Phi) is 6.23. The molecule has 0 saturated carbocycles. The largest absolute Gasteiger partial charge is 0.492 e. The van der Waals surface area contributed by atoms with Gasteiger partial charge in [-0.05, 0) is 53.4 Å². The van der Waals surface area contributed by atoms with Crippen molar-refractivity contribution in [3.63, 3.8) is 0 Å². The highest BCUT2D eigenvalue weighted by atomic mass is 79.9. The molecule has 0 aliphatic heterocycles. The molecule has 2 aromatic rings. The molecule has 0 aliphatic carbocycles. The highest BCUT2D eigenvalue weighted by Gasteiger charge is 2.11. The molecule has 2 rings (SSSR count). The van der Waals surface area contributed by atoms with Gasteiger partial charge in [0, 0.05) is 23.0 Å². The minimum Gasteiger partial charge on any atom is -0.492 e. The lowest BCUT2D eigenvalue weighted by atomic mass is 10.1. The van der Waals surface area contributed by atoms with Gasteiger partial charge in [0.05, 0.1) is 11.1 Å². The van der Waals surface area contributed by atoms with Gasteiger partial charge in [-0.1, -0.05) is 11.6 Å². The van der Waals surface area contributed by atoms with E-state index in [9.17, 15) is 4.79 Å². The molecular formula is C15H16BrClN2O2S. The maximum absolute atomic E-state index is 11.7. The zero-order chi connectivity index (χ0) is 16.1. The molecule has 0 spiro atoms. The molecule has 0 atom stereocenters. The van der Waals surface area contributed by atoms with Crippen molar-refractivity contribution in [2.75, 3.05) is 11.9 Å². The van der Waals surface area contributed by atoms with Crippen molar-refractivity contribution in [3.05, 3.63) is 38.3 Å². The first-order valence-electron chi connectivity index (χ1n) is 6.76. The summed E-state index contributed by atoms with van der Waals surface area (Å²) in [6.07, 6.45) is 2.68. The van der Waals surface area contributed by atoms with Crippen LogP contribution in [0.1, 0.15) is 24.0 Å². The van der Waals surface area contributed by atoms with Crippen LogP contribution in [0.4, 0.5) is 5.13 Å². The Morgan fingerprint density at radius 1 is 1.50 bits per heavy atom. The maximum atomic E-state index is 11.7. The molecule has 1 aromatic carbocycles. The van der Waals surface area contributed by atoms with Crippen LogP contribution in [-0.4, -0.2) is 17.5 Å². The monoisotopic (exact) mass is 402 g/mol. The smallest absolute Gasteiger partial charge is 0.226 e. The van der Waals surface area contributed by atoms with Gasteiger partial charge in [-0.25, -0.2) is 4.98 Å². The lowest BCUT2D eigenvalue weighted by molar-refractivity contribution is -0.116. The number of aryl methyl sites for hydroxylation is 1. The fraction of sp³-hybridized carbons (Fsp3) is 0.333. The number of amides is 1. The second-order valence-electron chi connectivity index (χ2n) is 4.78. The number of thiazole rings is 1. The van der Waals surface area contributed by atoms with Crippen molar-refractivity contribution < 1.29 is 9.53 Å². The number of carbonyl (C=O) groups is 1. The van der Waals surface area contributed by atoms with Gasteiger partial charge in [0.2, 0.25) is 5.91 Å². The SMILES string of the molecule is Cc1cc(OCCCC(=O)Nc2nccs2)c(Br)c(C)c1Cl. The van der Waals surface area contributed by atoms with Crippen LogP contribution in [-0.2, 0) is 4.79 Å². The number of hydrogen-bond donors (Lipinski definition) is 1.